The van der Waals surface area contributed by atoms with Crippen LogP contribution < -0.4 is 0 Å². The summed E-state index contributed by atoms with van der Waals surface area (Å²) in [7, 11) is 4.26. The minimum absolute atomic E-state index is 0.547. The predicted octanol–water partition coefficient (Wildman–Crippen LogP) is 17.1. The fourth-order valence-electron chi connectivity index (χ4n) is 12.3. The lowest BCUT2D eigenvalue weighted by Gasteiger charge is -2.34. The summed E-state index contributed by atoms with van der Waals surface area (Å²) in [5.41, 5.74) is 23.0. The van der Waals surface area contributed by atoms with Crippen molar-refractivity contribution in [1.82, 2.24) is 19.1 Å². The van der Waals surface area contributed by atoms with Gasteiger partial charge in [-0.3, -0.25) is 0 Å². The van der Waals surface area contributed by atoms with E-state index < -0.39 is 5.41 Å². The fourth-order valence-corrected chi connectivity index (χ4v) is 12.3. The molecule has 0 amide bonds. The van der Waals surface area contributed by atoms with E-state index in [-0.39, 0.29) is 0 Å². The second-order valence-electron chi connectivity index (χ2n) is 19.9. The van der Waals surface area contributed by atoms with Gasteiger partial charge in [-0.15, -0.1) is 0 Å². The van der Waals surface area contributed by atoms with E-state index in [1.807, 2.05) is 0 Å². The predicted molar refractivity (Wildman–Crippen MR) is 304 cm³/mol. The van der Waals surface area contributed by atoms with Crippen LogP contribution in [0.4, 0.5) is 0 Å². The summed E-state index contributed by atoms with van der Waals surface area (Å²) >= 11 is 0. The second kappa shape index (κ2) is 16.5. The third kappa shape index (κ3) is 6.46. The smallest absolute Gasteiger partial charge is 0.140 e. The molecule has 73 heavy (non-hydrogen) atoms. The van der Waals surface area contributed by atoms with Gasteiger partial charge in [-0.2, -0.15) is 0 Å². The maximum Gasteiger partial charge on any atom is 0.140 e. The van der Waals surface area contributed by atoms with Crippen LogP contribution in [0.15, 0.2) is 231 Å². The molecule has 0 aliphatic heterocycles. The molecule has 0 N–H and O–H groups in total. The van der Waals surface area contributed by atoms with E-state index in [1.165, 1.54) is 88.3 Å². The molecule has 1 aliphatic rings. The molecule has 0 fully saturated rings. The SMILES string of the molecule is Cc1ccc(C2(c3ccc(C)cc3)c3ccccc3-c3c(-c4c5cccc(-c6ccc7nc(-c8ccccc8)n(C)c7c6)c5cc5c(-c6ccc7nc(-c8ccccc8)n(C)c7c6)cccc45)cccc32)cc1. The summed E-state index contributed by atoms with van der Waals surface area (Å²) in [6.07, 6.45) is 0. The molecule has 0 atom stereocenters. The van der Waals surface area contributed by atoms with Gasteiger partial charge in [-0.25, -0.2) is 9.97 Å². The average Bonchev–Trinajstić information content (AvgIpc) is 4.10. The molecule has 0 spiro atoms. The molecule has 0 bridgehead atoms. The van der Waals surface area contributed by atoms with E-state index in [9.17, 15) is 0 Å². The third-order valence-electron chi connectivity index (χ3n) is 15.8. The average molecular weight is 935 g/mol. The Morgan fingerprint density at radius 3 is 1.29 bits per heavy atom. The Labute approximate surface area is 425 Å². The maximum absolute atomic E-state index is 5.14. The Bertz CT molecular complexity index is 4100. The number of hydrogen-bond acceptors (Lipinski definition) is 2. The Hall–Kier alpha value is -9.12. The minimum Gasteiger partial charge on any atom is -0.327 e. The molecule has 2 heterocycles. The highest BCUT2D eigenvalue weighted by Crippen LogP contribution is 2.59. The molecule has 11 aromatic carbocycles. The molecule has 4 nitrogen and oxygen atoms in total. The first-order valence-corrected chi connectivity index (χ1v) is 25.3. The highest BCUT2D eigenvalue weighted by atomic mass is 15.1. The van der Waals surface area contributed by atoms with Crippen LogP contribution in [-0.2, 0) is 19.5 Å². The molecule has 2 aromatic heterocycles. The van der Waals surface area contributed by atoms with Crippen LogP contribution in [-0.4, -0.2) is 19.1 Å². The number of fused-ring (bicyclic) bond motifs is 7. The van der Waals surface area contributed by atoms with Crippen molar-refractivity contribution in [3.05, 3.63) is 264 Å². The van der Waals surface area contributed by atoms with Crippen molar-refractivity contribution in [2.24, 2.45) is 14.1 Å². The summed E-state index contributed by atoms with van der Waals surface area (Å²) in [5.74, 6) is 1.91. The number of hydrogen-bond donors (Lipinski definition) is 0. The van der Waals surface area contributed by atoms with Crippen LogP contribution in [0.25, 0.3) is 111 Å². The first-order valence-electron chi connectivity index (χ1n) is 25.3. The van der Waals surface area contributed by atoms with Crippen LogP contribution in [0, 0.1) is 13.8 Å². The van der Waals surface area contributed by atoms with Gasteiger partial charge in [0.05, 0.1) is 27.5 Å². The van der Waals surface area contributed by atoms with Crippen LogP contribution in [0.5, 0.6) is 0 Å². The van der Waals surface area contributed by atoms with Crippen molar-refractivity contribution in [2.45, 2.75) is 19.3 Å². The number of aromatic nitrogens is 4. The van der Waals surface area contributed by atoms with Gasteiger partial charge in [0.15, 0.2) is 0 Å². The molecule has 13 aromatic rings. The van der Waals surface area contributed by atoms with E-state index in [2.05, 4.69) is 268 Å². The zero-order valence-corrected chi connectivity index (χ0v) is 41.2. The highest BCUT2D eigenvalue weighted by molar-refractivity contribution is 6.21. The van der Waals surface area contributed by atoms with E-state index in [1.54, 1.807) is 0 Å². The monoisotopic (exact) mass is 934 g/mol. The summed E-state index contributed by atoms with van der Waals surface area (Å²) in [5, 5.41) is 4.81. The Balaban J connectivity index is 1.07. The zero-order chi connectivity index (χ0) is 49.0. The van der Waals surface area contributed by atoms with Crippen LogP contribution in [0.1, 0.15) is 33.4 Å². The van der Waals surface area contributed by atoms with Gasteiger partial charge in [0.25, 0.3) is 0 Å². The van der Waals surface area contributed by atoms with Crippen molar-refractivity contribution in [3.8, 4) is 67.3 Å². The fraction of sp³-hybridized carbons (Fsp3) is 0.0725. The molecule has 1 aliphatic carbocycles. The van der Waals surface area contributed by atoms with Crippen LogP contribution in [0.2, 0.25) is 0 Å². The van der Waals surface area contributed by atoms with E-state index >= 15 is 0 Å². The minimum atomic E-state index is -0.547. The lowest BCUT2D eigenvalue weighted by Crippen LogP contribution is -2.28. The van der Waals surface area contributed by atoms with Gasteiger partial charge in [-0.05, 0) is 132 Å². The molecule has 0 radical (unpaired) electrons. The number of aryl methyl sites for hydroxylation is 4. The summed E-state index contributed by atoms with van der Waals surface area (Å²) in [6, 6.07) is 85.5. The summed E-state index contributed by atoms with van der Waals surface area (Å²) < 4.78 is 4.46. The first kappa shape index (κ1) is 42.7. The zero-order valence-electron chi connectivity index (χ0n) is 41.2. The summed E-state index contributed by atoms with van der Waals surface area (Å²) in [6.45, 7) is 4.36. The molecule has 0 unspecified atom stereocenters. The molecular formula is C69H50N4. The topological polar surface area (TPSA) is 35.6 Å². The molecule has 4 heteroatoms. The van der Waals surface area contributed by atoms with Gasteiger partial charge < -0.3 is 9.13 Å². The molecule has 14 rings (SSSR count). The molecular weight excluding hydrogens is 885 g/mol. The van der Waals surface area contributed by atoms with Crippen molar-refractivity contribution >= 4 is 43.6 Å². The van der Waals surface area contributed by atoms with Crippen molar-refractivity contribution < 1.29 is 0 Å². The lowest BCUT2D eigenvalue weighted by molar-refractivity contribution is 0.767. The number of rotatable bonds is 7. The number of imidazole rings is 2. The molecule has 0 saturated carbocycles. The van der Waals surface area contributed by atoms with E-state index in [4.69, 9.17) is 9.97 Å². The largest absolute Gasteiger partial charge is 0.327 e. The lowest BCUT2D eigenvalue weighted by atomic mass is 9.67. The van der Waals surface area contributed by atoms with E-state index in [0.29, 0.717) is 0 Å². The normalized spacial score (nSPS) is 12.8. The third-order valence-corrected chi connectivity index (χ3v) is 15.8. The number of nitrogens with zero attached hydrogens (tertiary/aromatic N) is 4. The van der Waals surface area contributed by atoms with Crippen molar-refractivity contribution in [3.63, 3.8) is 0 Å². The Kier molecular flexibility index (Phi) is 9.65. The standard InChI is InChI=1S/C69H50N4/c1-43-28-34-49(35-29-43)69(50-36-30-44(2)31-37-50)59-26-12-11-20-55(59)66-56(25-15-27-60(66)69)65-53-23-13-21-51(47-32-38-61-63(40-47)72(3)67(70-61)45-16-7-5-8-17-45)57(53)42-58-52(22-14-24-54(58)65)48-33-39-62-64(41-48)73(4)68(71-62)46-18-9-6-10-19-46/h5-42H,1-4H3. The highest BCUT2D eigenvalue weighted by Gasteiger charge is 2.47. The molecule has 0 saturated heterocycles. The van der Waals surface area contributed by atoms with Crippen LogP contribution in [0.3, 0.4) is 0 Å². The van der Waals surface area contributed by atoms with Gasteiger partial charge in [0.2, 0.25) is 0 Å². The van der Waals surface area contributed by atoms with Gasteiger partial charge in [0.1, 0.15) is 11.6 Å². The maximum atomic E-state index is 5.14. The van der Waals surface area contributed by atoms with Gasteiger partial charge >= 0.3 is 0 Å². The quantitative estimate of drug-likeness (QED) is 0.149. The second-order valence-corrected chi connectivity index (χ2v) is 19.9. The Morgan fingerprint density at radius 2 is 0.767 bits per heavy atom. The van der Waals surface area contributed by atoms with Crippen molar-refractivity contribution in [2.75, 3.05) is 0 Å². The van der Waals surface area contributed by atoms with Crippen molar-refractivity contribution in [1.29, 1.82) is 0 Å². The van der Waals surface area contributed by atoms with E-state index in [0.717, 1.165) is 56.0 Å². The van der Waals surface area contributed by atoms with Gasteiger partial charge in [0, 0.05) is 25.2 Å². The number of benzene rings is 11. The summed E-state index contributed by atoms with van der Waals surface area (Å²) in [4.78, 5) is 10.3. The van der Waals surface area contributed by atoms with Gasteiger partial charge in [-0.1, -0.05) is 211 Å². The molecule has 346 valence electrons. The Morgan fingerprint density at radius 1 is 0.329 bits per heavy atom. The van der Waals surface area contributed by atoms with Crippen LogP contribution >= 0.6 is 0 Å². The first-order chi connectivity index (χ1) is 35.8.